The van der Waals surface area contributed by atoms with Gasteiger partial charge >= 0.3 is 334 Å². The topological polar surface area (TPSA) is 271 Å². The van der Waals surface area contributed by atoms with Crippen molar-refractivity contribution in [1.82, 2.24) is 0 Å². The summed E-state index contributed by atoms with van der Waals surface area (Å²) in [7, 11) is 0. The first kappa shape index (κ1) is 52.1. The summed E-state index contributed by atoms with van der Waals surface area (Å²) in [4.78, 5) is 0. The zero-order chi connectivity index (χ0) is 12.8. The van der Waals surface area contributed by atoms with Crippen LogP contribution in [0.4, 0.5) is 0 Å². The average molecular weight is 751 g/mol. The third-order valence-electron chi connectivity index (χ3n) is 0. The number of halogens is 2. The molecule has 0 rings (SSSR count). The summed E-state index contributed by atoms with van der Waals surface area (Å²) in [5, 5.41) is 0. The summed E-state index contributed by atoms with van der Waals surface area (Å²) < 4.78 is 101. The maximum atomic E-state index is 8.77. The van der Waals surface area contributed by atoms with E-state index in [0.29, 0.717) is 0 Å². The van der Waals surface area contributed by atoms with Gasteiger partial charge in [-0.3, -0.25) is 0 Å². The Morgan fingerprint density at radius 2 is 0.400 bits per heavy atom. The zero-order valence-electron chi connectivity index (χ0n) is 11.0. The molecule has 20 heteroatoms. The molecule has 0 heterocycles. The van der Waals surface area contributed by atoms with Crippen molar-refractivity contribution in [1.29, 1.82) is 0 Å². The Labute approximate surface area is 344 Å². The molecule has 12 nitrogen and oxygen atoms in total. The van der Waals surface area contributed by atoms with Crippen LogP contribution in [-0.4, -0.2) is 6.87 Å². The van der Waals surface area contributed by atoms with Gasteiger partial charge in [-0.1, -0.05) is 0 Å². The first-order chi connectivity index (χ1) is 4.90. The van der Waals surface area contributed by atoms with E-state index in [1.165, 1.54) is 0 Å². The molecular formula is H2AgI2K5O12-3. The molecule has 0 aromatic heterocycles. The first-order valence-electron chi connectivity index (χ1n) is 1.88. The Hall–Kier alpha value is 9.90. The van der Waals surface area contributed by atoms with Crippen molar-refractivity contribution in [2.45, 2.75) is 0 Å². The third kappa shape index (κ3) is 206. The normalized spacial score (nSPS) is 16.2. The van der Waals surface area contributed by atoms with Crippen molar-refractivity contribution in [3.05, 3.63) is 0 Å². The van der Waals surface area contributed by atoms with E-state index in [0.717, 1.165) is 0 Å². The molecule has 0 saturated heterocycles. The van der Waals surface area contributed by atoms with Crippen LogP contribution in [0.3, 0.4) is 0 Å². The van der Waals surface area contributed by atoms with Crippen LogP contribution in [0.2, 0.25) is 0 Å². The average Bonchev–Trinajstić information content (AvgIpc) is 0.938. The van der Waals surface area contributed by atoms with Gasteiger partial charge in [-0.15, -0.1) is 0 Å². The van der Waals surface area contributed by atoms with Crippen LogP contribution in [0, 0.1) is 0 Å². The van der Waals surface area contributed by atoms with Crippen LogP contribution in [0.1, 0.15) is 0 Å². The number of hydrogen-bond donors (Lipinski definition) is 2. The maximum absolute atomic E-state index is 9.37. The second-order valence-corrected chi connectivity index (χ2v) is 13.1. The van der Waals surface area contributed by atoms with E-state index in [1.807, 2.05) is 0 Å². The predicted octanol–water partition coefficient (Wildman–Crippen LogP) is -34.0. The summed E-state index contributed by atoms with van der Waals surface area (Å²) >= 11 is -18.7. The van der Waals surface area contributed by atoms with E-state index in [-0.39, 0.29) is 279 Å². The molecule has 0 aliphatic carbocycles. The van der Waals surface area contributed by atoms with E-state index < -0.39 is 36.3 Å². The van der Waals surface area contributed by atoms with Crippen LogP contribution in [0.25, 0.3) is 0 Å². The SMILES string of the molecule is [Ag].[K+].[K+].[K+].[K+].[K+].[O-][I+]([O-])([O-])([O-])([O-])O.[O-][I+]([O-])([O-])([O-])([O-])O. The minimum atomic E-state index is -9.37. The molecule has 0 amide bonds. The van der Waals surface area contributed by atoms with Crippen LogP contribution >= 0.6 is 0 Å². The standard InChI is InChI=1S/Ag.2HIO6.5K/c;2*2-1(3,4,5,6)7;;;;;/h;2*2H;;;;;/q;2*-4;5*+1. The van der Waals surface area contributed by atoms with Crippen molar-refractivity contribution in [3.8, 4) is 0 Å². The molecule has 107 valence electrons. The van der Waals surface area contributed by atoms with Gasteiger partial charge in [0.25, 0.3) is 0 Å². The van der Waals surface area contributed by atoms with Gasteiger partial charge in [0.2, 0.25) is 0 Å². The molecule has 20 heavy (non-hydrogen) atoms. The molecule has 0 unspecified atom stereocenters. The summed E-state index contributed by atoms with van der Waals surface area (Å²) in [6, 6.07) is 0. The van der Waals surface area contributed by atoms with Crippen LogP contribution in [0.15, 0.2) is 0 Å². The predicted molar refractivity (Wildman–Crippen MR) is 4.44 cm³/mol. The summed E-state index contributed by atoms with van der Waals surface area (Å²) in [5.41, 5.74) is 0. The van der Waals surface area contributed by atoms with Crippen molar-refractivity contribution in [2.24, 2.45) is 0 Å². The Kier molecular flexibility index (Phi) is 36.8. The minimum absolute atomic E-state index is 0. The molecule has 0 aromatic carbocycles. The fourth-order valence-corrected chi connectivity index (χ4v) is 0. The van der Waals surface area contributed by atoms with Gasteiger partial charge in [0.05, 0.1) is 0 Å². The number of hydrogen-bond acceptors (Lipinski definition) is 12. The molecule has 0 fully saturated rings. The van der Waals surface area contributed by atoms with Crippen LogP contribution < -0.4 is 328 Å². The number of rotatable bonds is 0. The third-order valence-corrected chi connectivity index (χ3v) is 0. The van der Waals surface area contributed by atoms with Crippen LogP contribution in [-0.2, 0) is 22.4 Å². The molecule has 0 atom stereocenters. The van der Waals surface area contributed by atoms with E-state index in [1.54, 1.807) is 0 Å². The van der Waals surface area contributed by atoms with Gasteiger partial charge < -0.3 is 0 Å². The molecule has 0 aromatic rings. The van der Waals surface area contributed by atoms with Gasteiger partial charge in [0.1, 0.15) is 0 Å². The Bertz CT molecular complexity index is 177. The fraction of sp³-hybridized carbons (Fsp3) is 0. The molecule has 0 bridgehead atoms. The molecule has 2 N–H and O–H groups in total. The molecule has 0 aliphatic rings. The van der Waals surface area contributed by atoms with Gasteiger partial charge in [0, 0.05) is 22.4 Å². The van der Waals surface area contributed by atoms with Gasteiger partial charge in [-0.05, 0) is 0 Å². The van der Waals surface area contributed by atoms with E-state index >= 15 is 0 Å². The van der Waals surface area contributed by atoms with Crippen LogP contribution in [0.5, 0.6) is 0 Å². The van der Waals surface area contributed by atoms with Crippen molar-refractivity contribution >= 4 is 0 Å². The van der Waals surface area contributed by atoms with Crippen molar-refractivity contribution in [3.63, 3.8) is 0 Å². The van der Waals surface area contributed by atoms with E-state index in [4.69, 9.17) is 41.2 Å². The molecule has 1 radical (unpaired) electrons. The zero-order valence-corrected chi connectivity index (χ0v) is 32.4. The Morgan fingerprint density at radius 1 is 0.400 bits per heavy atom. The van der Waals surface area contributed by atoms with Gasteiger partial charge in [-0.2, -0.15) is 0 Å². The van der Waals surface area contributed by atoms with Gasteiger partial charge in [0.15, 0.2) is 0 Å². The Morgan fingerprint density at radius 3 is 0.400 bits per heavy atom. The fourth-order valence-electron chi connectivity index (χ4n) is 0. The monoisotopic (exact) mass is 749 g/mol. The summed E-state index contributed by atoms with van der Waals surface area (Å²) in [6.07, 6.45) is 0. The first-order valence-corrected chi connectivity index (χ1v) is 12.6. The summed E-state index contributed by atoms with van der Waals surface area (Å²) in [5.74, 6) is 0. The quantitative estimate of drug-likeness (QED) is 0.173. The second kappa shape index (κ2) is 14.1. The van der Waals surface area contributed by atoms with E-state index in [9.17, 15) is 0 Å². The molecular weight excluding hydrogens is 749 g/mol. The molecule has 0 aliphatic heterocycles. The van der Waals surface area contributed by atoms with E-state index in [2.05, 4.69) is 0 Å². The second-order valence-electron chi connectivity index (χ2n) is 1.95. The van der Waals surface area contributed by atoms with Crippen molar-refractivity contribution < 1.29 is 357 Å². The van der Waals surface area contributed by atoms with Gasteiger partial charge in [-0.25, -0.2) is 0 Å². The van der Waals surface area contributed by atoms with Crippen molar-refractivity contribution in [2.75, 3.05) is 0 Å². The molecule has 0 saturated carbocycles. The Balaban J connectivity index is -0.0000000185. The summed E-state index contributed by atoms with van der Waals surface area (Å²) in [6.45, 7) is 0. The molecule has 0 spiro atoms.